The van der Waals surface area contributed by atoms with E-state index in [1.165, 1.54) is 4.90 Å². The van der Waals surface area contributed by atoms with Crippen molar-refractivity contribution in [1.82, 2.24) is 14.9 Å². The Labute approximate surface area is 250 Å². The first-order valence-electron chi connectivity index (χ1n) is 13.4. The summed E-state index contributed by atoms with van der Waals surface area (Å²) in [6, 6.07) is 22.4. The van der Waals surface area contributed by atoms with Crippen molar-refractivity contribution in [3.8, 4) is 22.4 Å². The van der Waals surface area contributed by atoms with Crippen molar-refractivity contribution in [2.75, 3.05) is 7.05 Å². The molecule has 8 nitrogen and oxygen atoms in total. The number of hydrogen-bond acceptors (Lipinski definition) is 6. The summed E-state index contributed by atoms with van der Waals surface area (Å²) in [7, 11) is 1.59. The average Bonchev–Trinajstić information content (AvgIpc) is 2.96. The summed E-state index contributed by atoms with van der Waals surface area (Å²) in [5, 5.41) is 0.486. The van der Waals surface area contributed by atoms with Gasteiger partial charge in [-0.2, -0.15) is 0 Å². The molecule has 4 rings (SSSR count). The zero-order chi connectivity index (χ0) is 30.6. The van der Waals surface area contributed by atoms with E-state index in [-0.39, 0.29) is 24.6 Å². The van der Waals surface area contributed by atoms with Crippen LogP contribution in [0.2, 0.25) is 5.02 Å². The Balaban J connectivity index is 1.45. The van der Waals surface area contributed by atoms with Gasteiger partial charge in [-0.1, -0.05) is 78.3 Å². The van der Waals surface area contributed by atoms with Crippen LogP contribution in [0.1, 0.15) is 46.9 Å². The minimum atomic E-state index is -1.16. The van der Waals surface area contributed by atoms with E-state index in [0.717, 1.165) is 27.8 Å². The van der Waals surface area contributed by atoms with Crippen molar-refractivity contribution in [3.63, 3.8) is 0 Å². The maximum atomic E-state index is 13.1. The first kappa shape index (κ1) is 30.4. The lowest BCUT2D eigenvalue weighted by Gasteiger charge is -2.33. The Bertz CT molecular complexity index is 1640. The number of halogens is 1. The van der Waals surface area contributed by atoms with E-state index in [1.807, 2.05) is 73.7 Å². The molecule has 3 aromatic carbocycles. The van der Waals surface area contributed by atoms with Gasteiger partial charge in [-0.15, -0.1) is 0 Å². The molecule has 0 fully saturated rings. The number of aryl methyl sites for hydroxylation is 2. The fraction of sp³-hybridized carbons (Fsp3) is 0.242. The van der Waals surface area contributed by atoms with Crippen molar-refractivity contribution in [2.24, 2.45) is 5.73 Å². The lowest BCUT2D eigenvalue weighted by Crippen LogP contribution is -2.52. The van der Waals surface area contributed by atoms with Gasteiger partial charge in [0, 0.05) is 23.2 Å². The number of carbonyl (C=O) groups is 3. The second-order valence-corrected chi connectivity index (χ2v) is 11.0. The second kappa shape index (κ2) is 12.5. The van der Waals surface area contributed by atoms with Gasteiger partial charge in [0.05, 0.1) is 23.5 Å². The number of primary amides is 1. The van der Waals surface area contributed by atoms with Crippen LogP contribution in [0.15, 0.2) is 72.8 Å². The predicted octanol–water partition coefficient (Wildman–Crippen LogP) is 5.70. The summed E-state index contributed by atoms with van der Waals surface area (Å²) < 4.78 is 5.48. The molecule has 0 aliphatic rings. The van der Waals surface area contributed by atoms with Gasteiger partial charge in [0.2, 0.25) is 5.91 Å². The first-order chi connectivity index (χ1) is 19.9. The van der Waals surface area contributed by atoms with Crippen molar-refractivity contribution in [2.45, 2.75) is 46.3 Å². The maximum absolute atomic E-state index is 13.1. The van der Waals surface area contributed by atoms with Crippen molar-refractivity contribution < 1.29 is 19.1 Å². The monoisotopic (exact) mass is 584 g/mol. The molecule has 0 bridgehead atoms. The Morgan fingerprint density at radius 2 is 1.52 bits per heavy atom. The van der Waals surface area contributed by atoms with Gasteiger partial charge in [0.25, 0.3) is 5.91 Å². The highest BCUT2D eigenvalue weighted by Crippen LogP contribution is 2.31. The number of likely N-dealkylation sites (N-methyl/N-ethyl adjacent to an activating group) is 1. The summed E-state index contributed by atoms with van der Waals surface area (Å²) in [6.45, 7) is 6.99. The third-order valence-electron chi connectivity index (χ3n) is 7.26. The fourth-order valence-corrected chi connectivity index (χ4v) is 4.80. The zero-order valence-electron chi connectivity index (χ0n) is 24.3. The van der Waals surface area contributed by atoms with Gasteiger partial charge in [-0.05, 0) is 50.5 Å². The van der Waals surface area contributed by atoms with Crippen LogP contribution in [0.3, 0.4) is 0 Å². The second-order valence-electron chi connectivity index (χ2n) is 10.6. The smallest absolute Gasteiger partial charge is 0.331 e. The number of aromatic nitrogens is 2. The third-order valence-corrected chi connectivity index (χ3v) is 7.57. The SMILES string of the molecule is Cc1nc(C)c(-c2ccc(-c3ccc(CC(=O)N(C)C(C)(C)C(=O)OCc4ccccc4)cc3Cl)cc2)nc1C(N)=O. The molecule has 0 radical (unpaired) electrons. The molecule has 0 saturated heterocycles. The van der Waals surface area contributed by atoms with Crippen molar-refractivity contribution in [3.05, 3.63) is 106 Å². The van der Waals surface area contributed by atoms with E-state index in [9.17, 15) is 14.4 Å². The molecular formula is C33H33ClN4O4. The summed E-state index contributed by atoms with van der Waals surface area (Å²) >= 11 is 6.65. The van der Waals surface area contributed by atoms with Crippen LogP contribution in [0, 0.1) is 13.8 Å². The highest BCUT2D eigenvalue weighted by atomic mass is 35.5. The van der Waals surface area contributed by atoms with Gasteiger partial charge in [0.1, 0.15) is 17.8 Å². The molecule has 0 atom stereocenters. The molecule has 4 aromatic rings. The number of ether oxygens (including phenoxy) is 1. The first-order valence-corrected chi connectivity index (χ1v) is 13.8. The highest BCUT2D eigenvalue weighted by Gasteiger charge is 2.36. The van der Waals surface area contributed by atoms with Crippen LogP contribution in [-0.4, -0.2) is 45.2 Å². The van der Waals surface area contributed by atoms with Gasteiger partial charge in [-0.25, -0.2) is 9.78 Å². The Kier molecular flexibility index (Phi) is 9.07. The minimum Gasteiger partial charge on any atom is -0.459 e. The molecule has 1 heterocycles. The van der Waals surface area contributed by atoms with Crippen molar-refractivity contribution >= 4 is 29.4 Å². The fourth-order valence-electron chi connectivity index (χ4n) is 4.49. The van der Waals surface area contributed by atoms with Crippen LogP contribution < -0.4 is 5.73 Å². The molecule has 0 saturated carbocycles. The van der Waals surface area contributed by atoms with E-state index >= 15 is 0 Å². The number of hydrogen-bond donors (Lipinski definition) is 1. The molecule has 1 aromatic heterocycles. The topological polar surface area (TPSA) is 115 Å². The lowest BCUT2D eigenvalue weighted by molar-refractivity contribution is -0.161. The normalized spacial score (nSPS) is 11.2. The van der Waals surface area contributed by atoms with Crippen LogP contribution in [-0.2, 0) is 27.4 Å². The molecule has 2 N–H and O–H groups in total. The quantitative estimate of drug-likeness (QED) is 0.252. The molecule has 0 unspecified atom stereocenters. The van der Waals surface area contributed by atoms with Gasteiger partial charge in [-0.3, -0.25) is 14.6 Å². The number of nitrogens with two attached hydrogens (primary N) is 1. The van der Waals surface area contributed by atoms with Crippen LogP contribution in [0.25, 0.3) is 22.4 Å². The summed E-state index contributed by atoms with van der Waals surface area (Å²) in [4.78, 5) is 47.9. The third kappa shape index (κ3) is 6.66. The Morgan fingerprint density at radius 3 is 2.14 bits per heavy atom. The molecule has 2 amide bonds. The lowest BCUT2D eigenvalue weighted by atomic mass is 9.99. The van der Waals surface area contributed by atoms with Gasteiger partial charge in [0.15, 0.2) is 0 Å². The van der Waals surface area contributed by atoms with E-state index in [2.05, 4.69) is 9.97 Å². The van der Waals surface area contributed by atoms with Gasteiger partial charge >= 0.3 is 5.97 Å². The molecule has 0 spiro atoms. The summed E-state index contributed by atoms with van der Waals surface area (Å²) in [5.74, 6) is -1.35. The highest BCUT2D eigenvalue weighted by molar-refractivity contribution is 6.33. The predicted molar refractivity (Wildman–Crippen MR) is 163 cm³/mol. The molecule has 0 aliphatic heterocycles. The average molecular weight is 585 g/mol. The number of benzene rings is 3. The molecule has 216 valence electrons. The molecule has 0 aliphatic carbocycles. The standard InChI is InChI=1S/C33H33ClN4O4/c1-20-29(37-30(31(35)40)21(2)36-20)25-14-12-24(13-15-25)26-16-11-23(17-27(26)34)18-28(39)38(5)33(3,4)32(41)42-19-22-9-7-6-8-10-22/h6-17H,18-19H2,1-5H3,(H2,35,40). The van der Waals surface area contributed by atoms with E-state index < -0.39 is 17.4 Å². The molecule has 42 heavy (non-hydrogen) atoms. The summed E-state index contributed by atoms with van der Waals surface area (Å²) in [6.07, 6.45) is 0.0679. The number of rotatable bonds is 9. The zero-order valence-corrected chi connectivity index (χ0v) is 25.0. The maximum Gasteiger partial charge on any atom is 0.331 e. The molecule has 9 heteroatoms. The van der Waals surface area contributed by atoms with E-state index in [1.54, 1.807) is 33.9 Å². The number of amides is 2. The van der Waals surface area contributed by atoms with Crippen molar-refractivity contribution in [1.29, 1.82) is 0 Å². The number of esters is 1. The van der Waals surface area contributed by atoms with E-state index in [4.69, 9.17) is 22.1 Å². The number of carbonyl (C=O) groups excluding carboxylic acids is 3. The largest absolute Gasteiger partial charge is 0.459 e. The van der Waals surface area contributed by atoms with Crippen LogP contribution >= 0.6 is 11.6 Å². The Morgan fingerprint density at radius 1 is 0.881 bits per heavy atom. The van der Waals surface area contributed by atoms with Crippen LogP contribution in [0.4, 0.5) is 0 Å². The van der Waals surface area contributed by atoms with Gasteiger partial charge < -0.3 is 15.4 Å². The number of nitrogens with zero attached hydrogens (tertiary/aromatic N) is 3. The van der Waals surface area contributed by atoms with Crippen LogP contribution in [0.5, 0.6) is 0 Å². The van der Waals surface area contributed by atoms with E-state index in [0.29, 0.717) is 22.1 Å². The summed E-state index contributed by atoms with van der Waals surface area (Å²) in [5.41, 5.74) is 10.2. The minimum absolute atomic E-state index is 0.0679. The Hall–Kier alpha value is -4.56. The molecular weight excluding hydrogens is 552 g/mol.